The Morgan fingerprint density at radius 3 is 2.77 bits per heavy atom. The number of ether oxygens (including phenoxy) is 1. The first-order valence-electron chi connectivity index (χ1n) is 10.3. The van der Waals surface area contributed by atoms with Gasteiger partial charge >= 0.3 is 5.69 Å². The van der Waals surface area contributed by atoms with Crippen LogP contribution >= 0.6 is 11.8 Å². The van der Waals surface area contributed by atoms with Crippen LogP contribution in [0, 0.1) is 13.8 Å². The van der Waals surface area contributed by atoms with Gasteiger partial charge in [-0.1, -0.05) is 11.8 Å². The molecule has 3 aromatic rings. The molecule has 0 saturated carbocycles. The summed E-state index contributed by atoms with van der Waals surface area (Å²) >= 11 is 1.66. The maximum Gasteiger partial charge on any atom is 0.332 e. The lowest BCUT2D eigenvalue weighted by Gasteiger charge is -2.14. The molecule has 0 amide bonds. The first-order chi connectivity index (χ1) is 14.4. The molecule has 30 heavy (non-hydrogen) atoms. The van der Waals surface area contributed by atoms with Crippen LogP contribution in [0.1, 0.15) is 30.7 Å². The van der Waals surface area contributed by atoms with Gasteiger partial charge in [0.05, 0.1) is 24.7 Å². The van der Waals surface area contributed by atoms with Crippen LogP contribution in [0.4, 0.5) is 0 Å². The Kier molecular flexibility index (Phi) is 5.88. The summed E-state index contributed by atoms with van der Waals surface area (Å²) in [7, 11) is 3.41. The third-order valence-electron chi connectivity index (χ3n) is 5.79. The van der Waals surface area contributed by atoms with Crippen molar-refractivity contribution >= 4 is 22.9 Å². The number of fused-ring (bicyclic) bond motifs is 1. The minimum absolute atomic E-state index is 0.254. The van der Waals surface area contributed by atoms with E-state index in [4.69, 9.17) is 9.72 Å². The van der Waals surface area contributed by atoms with Crippen molar-refractivity contribution in [2.45, 2.75) is 57.5 Å². The van der Waals surface area contributed by atoms with Crippen molar-refractivity contribution in [3.05, 3.63) is 38.6 Å². The number of aryl methyl sites for hydroxylation is 3. The minimum atomic E-state index is -0.331. The van der Waals surface area contributed by atoms with E-state index in [2.05, 4.69) is 16.5 Å². The number of nitrogens with zero attached hydrogens (tertiary/aromatic N) is 6. The summed E-state index contributed by atoms with van der Waals surface area (Å²) in [5, 5.41) is 0.975. The third-order valence-corrected chi connectivity index (χ3v) is 6.85. The molecule has 0 spiro atoms. The van der Waals surface area contributed by atoms with Crippen LogP contribution < -0.4 is 11.2 Å². The standard InChI is InChI=1S/C20H28N6O3S/c1-13-14(2)26(11-15-7-5-9-29-15)19(22-13)30-10-6-8-25-18(27)16-17(21-12-23(16)3)24(4)20(25)28/h12,15H,5-11H2,1-4H3/t15-/m0/s1. The predicted molar refractivity (Wildman–Crippen MR) is 116 cm³/mol. The lowest BCUT2D eigenvalue weighted by Crippen LogP contribution is -2.39. The molecule has 3 aromatic heterocycles. The van der Waals surface area contributed by atoms with Crippen LogP contribution in [-0.2, 0) is 31.9 Å². The lowest BCUT2D eigenvalue weighted by atomic mass is 10.2. The van der Waals surface area contributed by atoms with Gasteiger partial charge in [-0.15, -0.1) is 0 Å². The second-order valence-electron chi connectivity index (χ2n) is 7.84. The number of aromatic nitrogens is 6. The molecule has 0 bridgehead atoms. The molecule has 4 heterocycles. The zero-order valence-corrected chi connectivity index (χ0v) is 18.7. The fourth-order valence-electron chi connectivity index (χ4n) is 3.92. The molecule has 1 fully saturated rings. The van der Waals surface area contributed by atoms with Gasteiger partial charge in [0, 0.05) is 38.7 Å². The van der Waals surface area contributed by atoms with E-state index in [1.165, 1.54) is 14.8 Å². The zero-order valence-electron chi connectivity index (χ0n) is 17.9. The van der Waals surface area contributed by atoms with Crippen molar-refractivity contribution < 1.29 is 4.74 Å². The summed E-state index contributed by atoms with van der Waals surface area (Å²) in [6.45, 7) is 6.15. The van der Waals surface area contributed by atoms with E-state index in [0.29, 0.717) is 24.1 Å². The van der Waals surface area contributed by atoms with E-state index < -0.39 is 0 Å². The molecule has 1 aliphatic heterocycles. The van der Waals surface area contributed by atoms with Crippen molar-refractivity contribution in [2.24, 2.45) is 14.1 Å². The van der Waals surface area contributed by atoms with E-state index >= 15 is 0 Å². The molecule has 9 nitrogen and oxygen atoms in total. The second-order valence-corrected chi connectivity index (χ2v) is 8.90. The Balaban J connectivity index is 1.46. The summed E-state index contributed by atoms with van der Waals surface area (Å²) < 4.78 is 12.4. The average Bonchev–Trinajstić information content (AvgIpc) is 3.43. The highest BCUT2D eigenvalue weighted by atomic mass is 32.2. The van der Waals surface area contributed by atoms with Crippen LogP contribution in [0.2, 0.25) is 0 Å². The molecule has 1 saturated heterocycles. The van der Waals surface area contributed by atoms with Crippen LogP contribution in [0.25, 0.3) is 11.2 Å². The molecule has 0 N–H and O–H groups in total. The van der Waals surface area contributed by atoms with Gasteiger partial charge in [0.2, 0.25) is 0 Å². The van der Waals surface area contributed by atoms with Gasteiger partial charge in [0.15, 0.2) is 16.3 Å². The Labute approximate surface area is 178 Å². The summed E-state index contributed by atoms with van der Waals surface area (Å²) in [4.78, 5) is 34.3. The Morgan fingerprint density at radius 1 is 1.23 bits per heavy atom. The van der Waals surface area contributed by atoms with E-state index in [1.54, 1.807) is 36.8 Å². The highest BCUT2D eigenvalue weighted by molar-refractivity contribution is 7.99. The molecule has 162 valence electrons. The van der Waals surface area contributed by atoms with Gasteiger partial charge in [-0.2, -0.15) is 0 Å². The lowest BCUT2D eigenvalue weighted by molar-refractivity contribution is 0.0945. The zero-order chi connectivity index (χ0) is 21.4. The maximum atomic E-state index is 12.8. The maximum absolute atomic E-state index is 12.8. The molecule has 0 aliphatic carbocycles. The number of hydrogen-bond donors (Lipinski definition) is 0. The van der Waals surface area contributed by atoms with Crippen LogP contribution in [0.15, 0.2) is 21.1 Å². The van der Waals surface area contributed by atoms with Gasteiger partial charge in [-0.05, 0) is 33.1 Å². The molecule has 0 unspecified atom stereocenters. The van der Waals surface area contributed by atoms with Crippen molar-refractivity contribution in [1.82, 2.24) is 28.2 Å². The fraction of sp³-hybridized carbons (Fsp3) is 0.600. The fourth-order valence-corrected chi connectivity index (χ4v) is 4.95. The van der Waals surface area contributed by atoms with Gasteiger partial charge in [-0.25, -0.2) is 14.8 Å². The molecular weight excluding hydrogens is 404 g/mol. The highest BCUT2D eigenvalue weighted by Gasteiger charge is 2.20. The first kappa shape index (κ1) is 20.9. The van der Waals surface area contributed by atoms with E-state index in [1.807, 2.05) is 6.92 Å². The quantitative estimate of drug-likeness (QED) is 0.416. The van der Waals surface area contributed by atoms with Crippen molar-refractivity contribution in [3.8, 4) is 0 Å². The Hall–Kier alpha value is -2.33. The summed E-state index contributed by atoms with van der Waals surface area (Å²) in [6, 6.07) is 0. The number of imidazole rings is 2. The molecule has 10 heteroatoms. The van der Waals surface area contributed by atoms with E-state index in [-0.39, 0.29) is 17.4 Å². The summed E-state index contributed by atoms with van der Waals surface area (Å²) in [5.41, 5.74) is 2.44. The third kappa shape index (κ3) is 3.74. The summed E-state index contributed by atoms with van der Waals surface area (Å²) in [5.74, 6) is 0.764. The van der Waals surface area contributed by atoms with Crippen molar-refractivity contribution in [3.63, 3.8) is 0 Å². The smallest absolute Gasteiger partial charge is 0.332 e. The van der Waals surface area contributed by atoms with E-state index in [9.17, 15) is 9.59 Å². The number of thioether (sulfide) groups is 1. The van der Waals surface area contributed by atoms with Crippen molar-refractivity contribution in [2.75, 3.05) is 12.4 Å². The predicted octanol–water partition coefficient (Wildman–Crippen LogP) is 1.61. The number of rotatable bonds is 7. The minimum Gasteiger partial charge on any atom is -0.376 e. The van der Waals surface area contributed by atoms with Gasteiger partial charge in [-0.3, -0.25) is 13.9 Å². The molecule has 1 atom stereocenters. The van der Waals surface area contributed by atoms with Crippen LogP contribution in [0.5, 0.6) is 0 Å². The second kappa shape index (κ2) is 8.43. The Bertz CT molecular complexity index is 1180. The van der Waals surface area contributed by atoms with Crippen LogP contribution in [-0.4, -0.2) is 46.7 Å². The SMILES string of the molecule is Cc1nc(SCCCn2c(=O)c3c(ncn3C)n(C)c2=O)n(C[C@@H]2CCCO2)c1C. The monoisotopic (exact) mass is 432 g/mol. The molecule has 0 aromatic carbocycles. The molecular formula is C20H28N6O3S. The summed E-state index contributed by atoms with van der Waals surface area (Å²) in [6.07, 6.45) is 4.70. The van der Waals surface area contributed by atoms with Crippen molar-refractivity contribution in [1.29, 1.82) is 0 Å². The molecule has 0 radical (unpaired) electrons. The van der Waals surface area contributed by atoms with Crippen LogP contribution in [0.3, 0.4) is 0 Å². The first-order valence-corrected chi connectivity index (χ1v) is 11.3. The van der Waals surface area contributed by atoms with Gasteiger partial charge < -0.3 is 13.9 Å². The topological polar surface area (TPSA) is 88.9 Å². The normalized spacial score (nSPS) is 16.7. The molecule has 4 rings (SSSR count). The number of hydrogen-bond acceptors (Lipinski definition) is 6. The Morgan fingerprint density at radius 2 is 2.03 bits per heavy atom. The van der Waals surface area contributed by atoms with E-state index in [0.717, 1.165) is 42.6 Å². The largest absolute Gasteiger partial charge is 0.376 e. The van der Waals surface area contributed by atoms with Gasteiger partial charge in [0.1, 0.15) is 0 Å². The molecule has 1 aliphatic rings. The highest BCUT2D eigenvalue weighted by Crippen LogP contribution is 2.24. The van der Waals surface area contributed by atoms with Gasteiger partial charge in [0.25, 0.3) is 5.56 Å². The average molecular weight is 433 g/mol.